The summed E-state index contributed by atoms with van der Waals surface area (Å²) >= 11 is 0. The predicted octanol–water partition coefficient (Wildman–Crippen LogP) is -12.8. The fourth-order valence-electron chi connectivity index (χ4n) is 1.41. The Labute approximate surface area is 193 Å². The van der Waals surface area contributed by atoms with Gasteiger partial charge in [-0.3, -0.25) is 8.37 Å². The van der Waals surface area contributed by atoms with Gasteiger partial charge in [0.25, 0.3) is 0 Å². The predicted molar refractivity (Wildman–Crippen MR) is 48.5 cm³/mol. The van der Waals surface area contributed by atoms with Crippen molar-refractivity contribution in [2.75, 3.05) is 6.61 Å². The fraction of sp³-hybridized carbons (Fsp3) is 0.833. The van der Waals surface area contributed by atoms with Crippen LogP contribution < -0.4 is 93.8 Å². The Hall–Kier alpha value is 2.17. The zero-order valence-electron chi connectivity index (χ0n) is 12.0. The average molecular weight is 388 g/mol. The smallest absolute Gasteiger partial charge is 0.726 e. The summed E-state index contributed by atoms with van der Waals surface area (Å²) in [6, 6.07) is 0. The van der Waals surface area contributed by atoms with E-state index in [0.717, 1.165) is 0 Å². The standard InChI is InChI=1S/C6H10O11S2.3Na/c7-6(8)4-1-3(16-18(9,10)11)5(2-15-4)17-19(12,13)14;;;/h3-5H,1-2H2,(H,7,8)(H,9,10,11)(H,12,13,14);;;/q;3*+1/p-3. The first-order valence-electron chi connectivity index (χ1n) is 4.58. The molecule has 0 aromatic carbocycles. The Balaban J connectivity index is -0.00000120. The van der Waals surface area contributed by atoms with Crippen LogP contribution in [-0.2, 0) is 38.7 Å². The van der Waals surface area contributed by atoms with Crippen LogP contribution in [-0.4, -0.2) is 56.8 Å². The minimum atomic E-state index is -5.26. The summed E-state index contributed by atoms with van der Waals surface area (Å²) in [5.74, 6) is -1.72. The van der Waals surface area contributed by atoms with Gasteiger partial charge in [0, 0.05) is 6.42 Å². The topological polar surface area (TPSA) is 182 Å². The number of carboxylic acids is 1. The third kappa shape index (κ3) is 11.7. The van der Waals surface area contributed by atoms with E-state index in [1.54, 1.807) is 0 Å². The minimum absolute atomic E-state index is 0. The van der Waals surface area contributed by atoms with Crippen molar-refractivity contribution in [2.24, 2.45) is 0 Å². The van der Waals surface area contributed by atoms with E-state index in [0.29, 0.717) is 0 Å². The van der Waals surface area contributed by atoms with Crippen LogP contribution in [0.1, 0.15) is 6.42 Å². The van der Waals surface area contributed by atoms with Crippen molar-refractivity contribution >= 4 is 26.8 Å². The second-order valence-electron chi connectivity index (χ2n) is 3.46. The average Bonchev–Trinajstić information content (AvgIpc) is 2.15. The Morgan fingerprint density at radius 1 is 0.955 bits per heavy atom. The van der Waals surface area contributed by atoms with E-state index in [-0.39, 0.29) is 88.7 Å². The second-order valence-corrected chi connectivity index (χ2v) is 5.48. The maximum Gasteiger partial charge on any atom is 1.00 e. The largest absolute Gasteiger partial charge is 1.00 e. The van der Waals surface area contributed by atoms with Crippen LogP contribution in [0.5, 0.6) is 0 Å². The molecule has 1 aliphatic rings. The molecule has 1 fully saturated rings. The van der Waals surface area contributed by atoms with E-state index in [1.807, 2.05) is 0 Å². The van der Waals surface area contributed by atoms with Crippen molar-refractivity contribution in [3.05, 3.63) is 0 Å². The molecule has 11 nitrogen and oxygen atoms in total. The number of carbonyl (C=O) groups is 1. The van der Waals surface area contributed by atoms with Crippen LogP contribution in [0, 0.1) is 0 Å². The first-order chi connectivity index (χ1) is 8.48. The van der Waals surface area contributed by atoms with E-state index < -0.39 is 58.1 Å². The summed E-state index contributed by atoms with van der Waals surface area (Å²) < 4.78 is 74.8. The molecule has 0 radical (unpaired) electrons. The number of aliphatic carboxylic acids is 1. The number of carboxylic acid groups (broad SMARTS) is 1. The van der Waals surface area contributed by atoms with Gasteiger partial charge in [-0.15, -0.1) is 0 Å². The molecule has 1 rings (SSSR count). The van der Waals surface area contributed by atoms with E-state index in [9.17, 15) is 35.8 Å². The van der Waals surface area contributed by atoms with Gasteiger partial charge in [-0.05, 0) is 0 Å². The van der Waals surface area contributed by atoms with Crippen molar-refractivity contribution in [1.29, 1.82) is 0 Å². The number of ether oxygens (including phenoxy) is 1. The number of carbonyl (C=O) groups excluding carboxylic acids is 1. The fourth-order valence-corrected chi connectivity index (χ4v) is 2.39. The van der Waals surface area contributed by atoms with Gasteiger partial charge in [0.05, 0.1) is 18.7 Å². The Morgan fingerprint density at radius 3 is 1.73 bits per heavy atom. The summed E-state index contributed by atoms with van der Waals surface area (Å²) in [4.78, 5) is 10.5. The molecule has 16 heteroatoms. The third-order valence-electron chi connectivity index (χ3n) is 2.07. The zero-order valence-corrected chi connectivity index (χ0v) is 19.6. The van der Waals surface area contributed by atoms with Gasteiger partial charge in [0.2, 0.25) is 20.8 Å². The van der Waals surface area contributed by atoms with E-state index in [4.69, 9.17) is 0 Å². The van der Waals surface area contributed by atoms with Crippen LogP contribution in [0.4, 0.5) is 0 Å². The maximum absolute atomic E-state index is 10.5. The molecule has 0 saturated carbocycles. The van der Waals surface area contributed by atoms with Crippen LogP contribution >= 0.6 is 0 Å². The molecule has 112 valence electrons. The van der Waals surface area contributed by atoms with Crippen molar-refractivity contribution in [3.8, 4) is 0 Å². The number of rotatable bonds is 5. The summed E-state index contributed by atoms with van der Waals surface area (Å²) in [6.07, 6.45) is -5.89. The molecule has 0 aliphatic carbocycles. The molecule has 3 unspecified atom stereocenters. The van der Waals surface area contributed by atoms with Gasteiger partial charge in [-0.25, -0.2) is 16.8 Å². The SMILES string of the molecule is O=C([O-])C1CC(OS(=O)(=O)[O-])C(OS(=O)(=O)[O-])CO1.[Na+].[Na+].[Na+]. The maximum atomic E-state index is 10.5. The van der Waals surface area contributed by atoms with Gasteiger partial charge in [-0.2, -0.15) is 0 Å². The first kappa shape index (κ1) is 29.0. The summed E-state index contributed by atoms with van der Waals surface area (Å²) in [5, 5.41) is 10.5. The zero-order chi connectivity index (χ0) is 14.8. The summed E-state index contributed by atoms with van der Waals surface area (Å²) in [7, 11) is -10.5. The van der Waals surface area contributed by atoms with Crippen molar-refractivity contribution < 1.29 is 138 Å². The van der Waals surface area contributed by atoms with E-state index in [1.165, 1.54) is 0 Å². The molecule has 22 heavy (non-hydrogen) atoms. The van der Waals surface area contributed by atoms with Crippen LogP contribution in [0.2, 0.25) is 0 Å². The second kappa shape index (κ2) is 11.7. The van der Waals surface area contributed by atoms with E-state index in [2.05, 4.69) is 13.1 Å². The molecule has 0 bridgehead atoms. The Bertz CT molecular complexity index is 546. The quantitative estimate of drug-likeness (QED) is 0.248. The molecule has 1 saturated heterocycles. The molecule has 0 spiro atoms. The minimum Gasteiger partial charge on any atom is -0.726 e. The van der Waals surface area contributed by atoms with E-state index >= 15 is 0 Å². The van der Waals surface area contributed by atoms with Gasteiger partial charge in [-0.1, -0.05) is 0 Å². The van der Waals surface area contributed by atoms with Gasteiger partial charge >= 0.3 is 88.7 Å². The number of hydrogen-bond donors (Lipinski definition) is 0. The number of hydrogen-bond acceptors (Lipinski definition) is 11. The molecule has 0 N–H and O–H groups in total. The molecular weight excluding hydrogens is 381 g/mol. The van der Waals surface area contributed by atoms with Crippen LogP contribution in [0.25, 0.3) is 0 Å². The normalized spacial score (nSPS) is 25.1. The summed E-state index contributed by atoms with van der Waals surface area (Å²) in [6.45, 7) is -0.777. The molecule has 0 aromatic rings. The first-order valence-corrected chi connectivity index (χ1v) is 7.25. The van der Waals surface area contributed by atoms with Crippen LogP contribution in [0.3, 0.4) is 0 Å². The van der Waals surface area contributed by atoms with Gasteiger partial charge in [0.15, 0.2) is 0 Å². The van der Waals surface area contributed by atoms with Gasteiger partial charge < -0.3 is 23.7 Å². The van der Waals surface area contributed by atoms with Gasteiger partial charge in [0.1, 0.15) is 12.2 Å². The van der Waals surface area contributed by atoms with Crippen molar-refractivity contribution in [3.63, 3.8) is 0 Å². The van der Waals surface area contributed by atoms with Crippen LogP contribution in [0.15, 0.2) is 0 Å². The van der Waals surface area contributed by atoms with Crippen molar-refractivity contribution in [1.82, 2.24) is 0 Å². The molecule has 1 aliphatic heterocycles. The third-order valence-corrected chi connectivity index (χ3v) is 3.03. The Morgan fingerprint density at radius 2 is 1.36 bits per heavy atom. The van der Waals surface area contributed by atoms with Crippen molar-refractivity contribution in [2.45, 2.75) is 24.7 Å². The molecule has 3 atom stereocenters. The Kier molecular flexibility index (Phi) is 15.4. The molecule has 1 heterocycles. The monoisotopic (exact) mass is 388 g/mol. The molecule has 0 amide bonds. The molecular formula is C6H7Na3O11S2. The summed E-state index contributed by atoms with van der Waals surface area (Å²) in [5.41, 5.74) is 0. The molecule has 0 aromatic heterocycles.